The molecular formula is C58H88N2. The molecule has 0 aliphatic heterocycles. The summed E-state index contributed by atoms with van der Waals surface area (Å²) < 4.78 is 0. The summed E-state index contributed by atoms with van der Waals surface area (Å²) in [6, 6.07) is 32.4. The summed E-state index contributed by atoms with van der Waals surface area (Å²) in [5.74, 6) is 0.920. The zero-order valence-corrected chi connectivity index (χ0v) is 39.2. The van der Waals surface area contributed by atoms with Gasteiger partial charge in [-0.3, -0.25) is 0 Å². The first kappa shape index (κ1) is 49.1. The summed E-state index contributed by atoms with van der Waals surface area (Å²) in [5.41, 5.74) is 25.5. The van der Waals surface area contributed by atoms with Gasteiger partial charge in [0.1, 0.15) is 0 Å². The van der Waals surface area contributed by atoms with E-state index in [2.05, 4.69) is 113 Å². The van der Waals surface area contributed by atoms with Crippen LogP contribution in [-0.2, 0) is 12.8 Å². The van der Waals surface area contributed by atoms with Gasteiger partial charge in [0.15, 0.2) is 0 Å². The number of rotatable bonds is 33. The molecule has 4 rings (SSSR count). The van der Waals surface area contributed by atoms with Crippen molar-refractivity contribution >= 4 is 11.4 Å². The smallest absolute Gasteiger partial charge is 0.0316 e. The van der Waals surface area contributed by atoms with Crippen LogP contribution in [-0.4, -0.2) is 0 Å². The van der Waals surface area contributed by atoms with Crippen molar-refractivity contribution in [3.05, 3.63) is 129 Å². The third kappa shape index (κ3) is 18.6. The van der Waals surface area contributed by atoms with Gasteiger partial charge in [-0.2, -0.15) is 0 Å². The minimum Gasteiger partial charge on any atom is -0.399 e. The van der Waals surface area contributed by atoms with Gasteiger partial charge in [-0.05, 0) is 121 Å². The molecule has 4 aromatic rings. The predicted molar refractivity (Wildman–Crippen MR) is 267 cm³/mol. The van der Waals surface area contributed by atoms with Crippen LogP contribution in [0.3, 0.4) is 0 Å². The molecule has 0 aliphatic carbocycles. The largest absolute Gasteiger partial charge is 0.399 e. The lowest BCUT2D eigenvalue weighted by Gasteiger charge is -2.21. The van der Waals surface area contributed by atoms with Gasteiger partial charge < -0.3 is 11.5 Å². The third-order valence-electron chi connectivity index (χ3n) is 13.5. The maximum atomic E-state index is 6.14. The number of aryl methyl sites for hydroxylation is 4. The fraction of sp³-hybridized carbons (Fsp3) is 0.586. The van der Waals surface area contributed by atoms with E-state index in [9.17, 15) is 0 Å². The fourth-order valence-corrected chi connectivity index (χ4v) is 9.70. The minimum absolute atomic E-state index is 0.460. The second-order valence-corrected chi connectivity index (χ2v) is 18.7. The molecule has 0 fully saturated rings. The Morgan fingerprint density at radius 3 is 0.967 bits per heavy atom. The number of unbranched alkanes of at least 4 members (excludes halogenated alkanes) is 21. The summed E-state index contributed by atoms with van der Waals surface area (Å²) in [6.07, 6.45) is 37.5. The number of hydrogen-bond donors (Lipinski definition) is 2. The molecule has 2 heteroatoms. The van der Waals surface area contributed by atoms with Gasteiger partial charge in [0.2, 0.25) is 0 Å². The Morgan fingerprint density at radius 1 is 0.350 bits per heavy atom. The molecule has 0 spiro atoms. The lowest BCUT2D eigenvalue weighted by atomic mass is 9.84. The third-order valence-corrected chi connectivity index (χ3v) is 13.5. The molecule has 2 atom stereocenters. The van der Waals surface area contributed by atoms with E-state index in [1.54, 1.807) is 0 Å². The maximum absolute atomic E-state index is 6.14. The maximum Gasteiger partial charge on any atom is 0.0316 e. The summed E-state index contributed by atoms with van der Waals surface area (Å²) >= 11 is 0. The molecule has 0 aromatic heterocycles. The van der Waals surface area contributed by atoms with Crippen molar-refractivity contribution in [2.75, 3.05) is 11.5 Å². The van der Waals surface area contributed by atoms with E-state index in [1.165, 1.54) is 224 Å². The molecule has 2 nitrogen and oxygen atoms in total. The highest BCUT2D eigenvalue weighted by atomic mass is 14.5. The van der Waals surface area contributed by atoms with Crippen LogP contribution in [0.1, 0.15) is 237 Å². The molecule has 0 aliphatic rings. The van der Waals surface area contributed by atoms with Crippen LogP contribution in [0.25, 0.3) is 0 Å². The molecule has 0 radical (unpaired) electrons. The van der Waals surface area contributed by atoms with Gasteiger partial charge in [0.25, 0.3) is 0 Å². The minimum atomic E-state index is 0.460. The molecule has 2 unspecified atom stereocenters. The highest BCUT2D eigenvalue weighted by molar-refractivity contribution is 5.49. The van der Waals surface area contributed by atoms with Crippen molar-refractivity contribution in [3.63, 3.8) is 0 Å². The lowest BCUT2D eigenvalue weighted by molar-refractivity contribution is 0.551. The zero-order chi connectivity index (χ0) is 42.6. The van der Waals surface area contributed by atoms with Crippen molar-refractivity contribution in [1.29, 1.82) is 0 Å². The number of anilines is 2. The molecule has 0 bridgehead atoms. The molecule has 0 saturated carbocycles. The first-order valence-corrected chi connectivity index (χ1v) is 25.3. The second-order valence-electron chi connectivity index (χ2n) is 18.7. The standard InChI is InChI=1S/C58H88N2/c1-5-7-9-11-17-23-27-31-57(55-43-41-53(59)45-47(55)3)51-37-33-49(34-38-51)29-25-21-19-15-13-14-16-20-22-26-30-50-35-39-52(40-36-50)58(32-28-24-18-12-10-8-6-2)56-44-42-54(60)46-48(56)4/h33-46,57-58H,5-32,59-60H2,1-4H3. The van der Waals surface area contributed by atoms with Gasteiger partial charge in [-0.25, -0.2) is 0 Å². The Labute approximate surface area is 370 Å². The highest BCUT2D eigenvalue weighted by Gasteiger charge is 2.18. The van der Waals surface area contributed by atoms with Crippen molar-refractivity contribution in [1.82, 2.24) is 0 Å². The second kappa shape index (κ2) is 29.7. The van der Waals surface area contributed by atoms with Gasteiger partial charge >= 0.3 is 0 Å². The van der Waals surface area contributed by atoms with Gasteiger partial charge in [0.05, 0.1) is 0 Å². The first-order valence-electron chi connectivity index (χ1n) is 25.3. The average Bonchev–Trinajstić information content (AvgIpc) is 3.25. The van der Waals surface area contributed by atoms with E-state index in [4.69, 9.17) is 11.5 Å². The van der Waals surface area contributed by atoms with E-state index in [-0.39, 0.29) is 0 Å². The van der Waals surface area contributed by atoms with Crippen LogP contribution in [0.2, 0.25) is 0 Å². The van der Waals surface area contributed by atoms with Crippen molar-refractivity contribution < 1.29 is 0 Å². The normalized spacial score (nSPS) is 12.5. The monoisotopic (exact) mass is 813 g/mol. The number of benzene rings is 4. The van der Waals surface area contributed by atoms with E-state index < -0.39 is 0 Å². The number of nitrogens with two attached hydrogens (primary N) is 2. The molecule has 4 N–H and O–H groups in total. The quantitative estimate of drug-likeness (QED) is 0.0372. The molecule has 0 heterocycles. The molecule has 0 amide bonds. The lowest BCUT2D eigenvalue weighted by Crippen LogP contribution is -2.05. The summed E-state index contributed by atoms with van der Waals surface area (Å²) in [4.78, 5) is 0. The first-order chi connectivity index (χ1) is 29.4. The van der Waals surface area contributed by atoms with Crippen LogP contribution < -0.4 is 11.5 Å². The highest BCUT2D eigenvalue weighted by Crippen LogP contribution is 2.35. The number of hydrogen-bond acceptors (Lipinski definition) is 2. The molecule has 60 heavy (non-hydrogen) atoms. The van der Waals surface area contributed by atoms with Gasteiger partial charge in [0, 0.05) is 23.2 Å². The Balaban J connectivity index is 1.08. The SMILES string of the molecule is CCCCCCCCCC(c1ccc(CCCCCCCCCCCCc2ccc(C(CCCCCCCCC)c3ccc(N)cc3C)cc2)cc1)c1ccc(N)cc1C. The Morgan fingerprint density at radius 2 is 0.650 bits per heavy atom. The van der Waals surface area contributed by atoms with Crippen molar-refractivity contribution in [2.24, 2.45) is 0 Å². The molecular weight excluding hydrogens is 725 g/mol. The Kier molecular flexibility index (Phi) is 24.3. The molecule has 0 saturated heterocycles. The van der Waals surface area contributed by atoms with Gasteiger partial charge in [-0.1, -0.05) is 216 Å². The average molecular weight is 813 g/mol. The van der Waals surface area contributed by atoms with E-state index >= 15 is 0 Å². The Hall–Kier alpha value is -3.52. The topological polar surface area (TPSA) is 52.0 Å². The van der Waals surface area contributed by atoms with Crippen LogP contribution in [0, 0.1) is 13.8 Å². The predicted octanol–water partition coefficient (Wildman–Crippen LogP) is 17.7. The van der Waals surface area contributed by atoms with Crippen molar-refractivity contribution in [3.8, 4) is 0 Å². The summed E-state index contributed by atoms with van der Waals surface area (Å²) in [5, 5.41) is 0. The van der Waals surface area contributed by atoms with Crippen LogP contribution >= 0.6 is 0 Å². The van der Waals surface area contributed by atoms with E-state index in [1.807, 2.05) is 0 Å². The van der Waals surface area contributed by atoms with E-state index in [0.717, 1.165) is 11.4 Å². The van der Waals surface area contributed by atoms with Crippen LogP contribution in [0.15, 0.2) is 84.9 Å². The molecule has 330 valence electrons. The number of nitrogen functional groups attached to an aromatic ring is 2. The summed E-state index contributed by atoms with van der Waals surface area (Å²) in [6.45, 7) is 9.06. The van der Waals surface area contributed by atoms with Crippen LogP contribution in [0.4, 0.5) is 11.4 Å². The van der Waals surface area contributed by atoms with Crippen molar-refractivity contribution in [2.45, 2.75) is 219 Å². The molecule has 4 aromatic carbocycles. The van der Waals surface area contributed by atoms with E-state index in [0.29, 0.717) is 11.8 Å². The summed E-state index contributed by atoms with van der Waals surface area (Å²) in [7, 11) is 0. The van der Waals surface area contributed by atoms with Gasteiger partial charge in [-0.15, -0.1) is 0 Å². The zero-order valence-electron chi connectivity index (χ0n) is 39.2. The van der Waals surface area contributed by atoms with Crippen LogP contribution in [0.5, 0.6) is 0 Å². The Bertz CT molecular complexity index is 1560. The fourth-order valence-electron chi connectivity index (χ4n) is 9.70.